The molecule has 0 fully saturated rings. The van der Waals surface area contributed by atoms with Gasteiger partial charge in [-0.2, -0.15) is 13.2 Å². The summed E-state index contributed by atoms with van der Waals surface area (Å²) in [6, 6.07) is 5.05. The summed E-state index contributed by atoms with van der Waals surface area (Å²) in [5, 5.41) is 2.98. The van der Waals surface area contributed by atoms with Gasteiger partial charge in [-0.3, -0.25) is 0 Å². The molecule has 0 aliphatic rings. The van der Waals surface area contributed by atoms with Gasteiger partial charge in [0.2, 0.25) is 0 Å². The van der Waals surface area contributed by atoms with Crippen molar-refractivity contribution in [3.63, 3.8) is 0 Å². The van der Waals surface area contributed by atoms with E-state index in [-0.39, 0.29) is 6.04 Å². The molecule has 1 N–H and O–H groups in total. The average Bonchev–Trinajstić information content (AvgIpc) is 2.86. The molecule has 1 aromatic heterocycles. The number of aryl methyl sites for hydroxylation is 1. The van der Waals surface area contributed by atoms with Gasteiger partial charge in [-0.25, -0.2) is 4.98 Å². The molecule has 2 aromatic rings. The fraction of sp³-hybridized carbons (Fsp3) is 0.357. The number of benzene rings is 1. The van der Waals surface area contributed by atoms with Gasteiger partial charge in [0.25, 0.3) is 0 Å². The summed E-state index contributed by atoms with van der Waals surface area (Å²) in [6.07, 6.45) is -3.12. The first-order chi connectivity index (χ1) is 9.82. The number of thiazole rings is 1. The Morgan fingerprint density at radius 1 is 1.38 bits per heavy atom. The van der Waals surface area contributed by atoms with Crippen molar-refractivity contribution in [3.05, 3.63) is 50.4 Å². The number of alkyl halides is 3. The fourth-order valence-corrected chi connectivity index (χ4v) is 3.19. The van der Waals surface area contributed by atoms with Gasteiger partial charge in [0, 0.05) is 16.1 Å². The highest BCUT2D eigenvalue weighted by Gasteiger charge is 2.35. The normalized spacial score (nSPS) is 13.4. The molecule has 0 aliphatic heterocycles. The van der Waals surface area contributed by atoms with Crippen LogP contribution in [0.1, 0.15) is 34.0 Å². The van der Waals surface area contributed by atoms with Crippen LogP contribution in [0.25, 0.3) is 0 Å². The number of hydrogen-bond acceptors (Lipinski definition) is 3. The molecule has 2 nitrogen and oxygen atoms in total. The molecule has 0 saturated heterocycles. The highest BCUT2D eigenvalue weighted by Crippen LogP contribution is 2.36. The molecule has 7 heteroatoms. The maximum atomic E-state index is 12.7. The zero-order valence-corrected chi connectivity index (χ0v) is 13.0. The summed E-state index contributed by atoms with van der Waals surface area (Å²) in [4.78, 5) is 4.03. The summed E-state index contributed by atoms with van der Waals surface area (Å²) >= 11 is 6.59. The van der Waals surface area contributed by atoms with E-state index in [0.717, 1.165) is 11.1 Å². The Balaban J connectivity index is 2.41. The van der Waals surface area contributed by atoms with E-state index in [2.05, 4.69) is 10.3 Å². The van der Waals surface area contributed by atoms with Crippen LogP contribution >= 0.6 is 22.9 Å². The first-order valence-electron chi connectivity index (χ1n) is 6.35. The summed E-state index contributed by atoms with van der Waals surface area (Å²) in [5.41, 5.74) is 1.83. The van der Waals surface area contributed by atoms with Crippen LogP contribution < -0.4 is 5.32 Å². The van der Waals surface area contributed by atoms with Crippen molar-refractivity contribution in [2.75, 3.05) is 6.54 Å². The zero-order valence-electron chi connectivity index (χ0n) is 11.5. The highest BCUT2D eigenvalue weighted by atomic mass is 35.5. The van der Waals surface area contributed by atoms with Crippen molar-refractivity contribution in [1.29, 1.82) is 0 Å². The Morgan fingerprint density at radius 2 is 2.10 bits per heavy atom. The van der Waals surface area contributed by atoms with Crippen LogP contribution in [0.4, 0.5) is 13.2 Å². The van der Waals surface area contributed by atoms with E-state index in [1.165, 1.54) is 6.20 Å². The van der Waals surface area contributed by atoms with E-state index in [9.17, 15) is 13.2 Å². The monoisotopic (exact) mass is 334 g/mol. The van der Waals surface area contributed by atoms with Crippen LogP contribution in [0, 0.1) is 6.92 Å². The molecule has 21 heavy (non-hydrogen) atoms. The Morgan fingerprint density at radius 3 is 2.62 bits per heavy atom. The summed E-state index contributed by atoms with van der Waals surface area (Å²) in [5.74, 6) is 0. The topological polar surface area (TPSA) is 24.9 Å². The number of hydrogen-bond donors (Lipinski definition) is 1. The van der Waals surface area contributed by atoms with Crippen LogP contribution in [-0.2, 0) is 6.18 Å². The van der Waals surface area contributed by atoms with Gasteiger partial charge in [-0.1, -0.05) is 24.6 Å². The zero-order chi connectivity index (χ0) is 15.6. The van der Waals surface area contributed by atoms with Crippen LogP contribution in [-0.4, -0.2) is 11.5 Å². The quantitative estimate of drug-likeness (QED) is 0.866. The molecule has 114 valence electrons. The van der Waals surface area contributed by atoms with E-state index in [4.69, 9.17) is 11.6 Å². The van der Waals surface area contributed by atoms with Gasteiger partial charge in [0.05, 0.1) is 6.04 Å². The molecule has 1 atom stereocenters. The molecular weight excluding hydrogens is 321 g/mol. The van der Waals surface area contributed by atoms with Gasteiger partial charge >= 0.3 is 6.18 Å². The van der Waals surface area contributed by atoms with Crippen molar-refractivity contribution in [2.24, 2.45) is 0 Å². The van der Waals surface area contributed by atoms with Gasteiger partial charge in [-0.05, 0) is 36.7 Å². The lowest BCUT2D eigenvalue weighted by Gasteiger charge is -2.19. The molecular formula is C14H14ClF3N2S. The third kappa shape index (κ3) is 3.75. The van der Waals surface area contributed by atoms with Crippen LogP contribution in [0.2, 0.25) is 5.02 Å². The smallest absolute Gasteiger partial charge is 0.306 e. The Kier molecular flexibility index (Phi) is 4.91. The lowest BCUT2D eigenvalue weighted by atomic mass is 10.0. The minimum Gasteiger partial charge on any atom is -0.306 e. The third-order valence-electron chi connectivity index (χ3n) is 3.00. The first-order valence-corrected chi connectivity index (χ1v) is 7.54. The predicted molar refractivity (Wildman–Crippen MR) is 78.8 cm³/mol. The van der Waals surface area contributed by atoms with E-state index in [1.807, 2.05) is 19.9 Å². The standard InChI is InChI=1S/C14H14ClF3N2S/c1-3-19-12(10-5-4-9(15)6-8(10)2)11-7-20-13(21-11)14(16,17)18/h4-7,12,19H,3H2,1-2H3. The van der Waals surface area contributed by atoms with Crippen LogP contribution in [0.15, 0.2) is 24.4 Å². The Hall–Kier alpha value is -1.11. The fourth-order valence-electron chi connectivity index (χ4n) is 2.08. The minimum atomic E-state index is -4.41. The lowest BCUT2D eigenvalue weighted by molar-refractivity contribution is -0.137. The Bertz CT molecular complexity index is 625. The number of aromatic nitrogens is 1. The van der Waals surface area contributed by atoms with Crippen molar-refractivity contribution in [3.8, 4) is 0 Å². The van der Waals surface area contributed by atoms with Crippen molar-refractivity contribution in [2.45, 2.75) is 26.1 Å². The second-order valence-corrected chi connectivity index (χ2v) is 6.06. The second-order valence-electron chi connectivity index (χ2n) is 4.56. The van der Waals surface area contributed by atoms with Crippen LogP contribution in [0.3, 0.4) is 0 Å². The number of nitrogens with one attached hydrogen (secondary N) is 1. The molecule has 1 unspecified atom stereocenters. The van der Waals surface area contributed by atoms with Crippen molar-refractivity contribution >= 4 is 22.9 Å². The SMILES string of the molecule is CCNC(c1cnc(C(F)(F)F)s1)c1ccc(Cl)cc1C. The maximum absolute atomic E-state index is 12.7. The van der Waals surface area contributed by atoms with Crippen molar-refractivity contribution < 1.29 is 13.2 Å². The lowest BCUT2D eigenvalue weighted by Crippen LogP contribution is -2.21. The molecule has 1 aromatic carbocycles. The molecule has 0 saturated carbocycles. The molecule has 0 amide bonds. The van der Waals surface area contributed by atoms with Crippen molar-refractivity contribution in [1.82, 2.24) is 10.3 Å². The Labute approximate surface area is 130 Å². The molecule has 0 spiro atoms. The average molecular weight is 335 g/mol. The molecule has 0 radical (unpaired) electrons. The second kappa shape index (κ2) is 6.34. The predicted octanol–water partition coefficient (Wildman–Crippen LogP) is 4.82. The van der Waals surface area contributed by atoms with Crippen LogP contribution in [0.5, 0.6) is 0 Å². The third-order valence-corrected chi connectivity index (χ3v) is 4.34. The minimum absolute atomic E-state index is 0.319. The van der Waals surface area contributed by atoms with E-state index in [0.29, 0.717) is 27.8 Å². The van der Waals surface area contributed by atoms with E-state index in [1.54, 1.807) is 12.1 Å². The van der Waals surface area contributed by atoms with Gasteiger partial charge in [0.15, 0.2) is 5.01 Å². The largest absolute Gasteiger partial charge is 0.443 e. The molecule has 1 heterocycles. The number of rotatable bonds is 4. The van der Waals surface area contributed by atoms with E-state index < -0.39 is 11.2 Å². The first kappa shape index (κ1) is 16.3. The summed E-state index contributed by atoms with van der Waals surface area (Å²) < 4.78 is 38.1. The highest BCUT2D eigenvalue weighted by molar-refractivity contribution is 7.11. The van der Waals surface area contributed by atoms with Gasteiger partial charge in [-0.15, -0.1) is 11.3 Å². The number of halogens is 4. The summed E-state index contributed by atoms with van der Waals surface area (Å²) in [6.45, 7) is 4.42. The molecule has 0 bridgehead atoms. The van der Waals surface area contributed by atoms with Gasteiger partial charge < -0.3 is 5.32 Å². The summed E-state index contributed by atoms with van der Waals surface area (Å²) in [7, 11) is 0. The van der Waals surface area contributed by atoms with E-state index >= 15 is 0 Å². The van der Waals surface area contributed by atoms with Gasteiger partial charge in [0.1, 0.15) is 0 Å². The molecule has 2 rings (SSSR count). The number of nitrogens with zero attached hydrogens (tertiary/aromatic N) is 1. The molecule has 0 aliphatic carbocycles. The maximum Gasteiger partial charge on any atom is 0.443 e.